The maximum atomic E-state index is 13.4. The number of hydrogen-bond acceptors (Lipinski definition) is 4. The third-order valence-electron chi connectivity index (χ3n) is 4.89. The van der Waals surface area contributed by atoms with Crippen LogP contribution < -0.4 is 10.2 Å². The summed E-state index contributed by atoms with van der Waals surface area (Å²) < 4.78 is 31.7. The summed E-state index contributed by atoms with van der Waals surface area (Å²) in [7, 11) is 0. The number of halogens is 2. The number of hydrogen-bond donors (Lipinski definition) is 1. The van der Waals surface area contributed by atoms with E-state index in [2.05, 4.69) is 21.4 Å². The first-order chi connectivity index (χ1) is 11.7. The Balaban J connectivity index is 1.27. The average Bonchev–Trinajstić information content (AvgIpc) is 3.35. The molecule has 4 rings (SSSR count). The molecule has 2 fully saturated rings. The van der Waals surface area contributed by atoms with Crippen LogP contribution >= 0.6 is 0 Å². The van der Waals surface area contributed by atoms with E-state index in [0.29, 0.717) is 18.5 Å². The lowest BCUT2D eigenvalue weighted by molar-refractivity contribution is 0.367. The van der Waals surface area contributed by atoms with E-state index in [-0.39, 0.29) is 0 Å². The van der Waals surface area contributed by atoms with Crippen LogP contribution in [0.15, 0.2) is 28.8 Å². The molecule has 6 heteroatoms. The molecule has 1 N–H and O–H groups in total. The van der Waals surface area contributed by atoms with Crippen molar-refractivity contribution < 1.29 is 13.3 Å². The minimum absolute atomic E-state index is 0.410. The van der Waals surface area contributed by atoms with Gasteiger partial charge in [-0.1, -0.05) is 5.16 Å². The Hall–Kier alpha value is -1.95. The first-order valence-electron chi connectivity index (χ1n) is 8.58. The Bertz CT molecular complexity index is 706. The molecule has 0 bridgehead atoms. The highest BCUT2D eigenvalue weighted by atomic mass is 19.2. The molecule has 0 radical (unpaired) electrons. The molecule has 4 nitrogen and oxygen atoms in total. The third kappa shape index (κ3) is 3.43. The van der Waals surface area contributed by atoms with E-state index in [1.165, 1.54) is 25.0 Å². The zero-order valence-electron chi connectivity index (χ0n) is 13.5. The molecule has 24 heavy (non-hydrogen) atoms. The van der Waals surface area contributed by atoms with Crippen molar-refractivity contribution in [1.29, 1.82) is 0 Å². The summed E-state index contributed by atoms with van der Waals surface area (Å²) in [5, 5.41) is 7.64. The summed E-state index contributed by atoms with van der Waals surface area (Å²) in [5.41, 5.74) is 1.71. The lowest BCUT2D eigenvalue weighted by Gasteiger charge is -2.34. The number of aromatic nitrogens is 1. The molecule has 1 aromatic heterocycles. The second-order valence-corrected chi connectivity index (χ2v) is 6.74. The number of piperidine rings is 1. The van der Waals surface area contributed by atoms with Gasteiger partial charge in [0.15, 0.2) is 11.6 Å². The molecular formula is C18H21F2N3O. The Morgan fingerprint density at radius 2 is 1.88 bits per heavy atom. The van der Waals surface area contributed by atoms with E-state index in [1.54, 1.807) is 6.07 Å². The number of nitrogens with zero attached hydrogens (tertiary/aromatic N) is 2. The van der Waals surface area contributed by atoms with Crippen LogP contribution in [0.1, 0.15) is 43.1 Å². The van der Waals surface area contributed by atoms with Crippen LogP contribution in [-0.4, -0.2) is 24.3 Å². The molecule has 1 aromatic carbocycles. The molecular weight excluding hydrogens is 312 g/mol. The van der Waals surface area contributed by atoms with Gasteiger partial charge in [-0.2, -0.15) is 0 Å². The molecule has 2 aliphatic rings. The topological polar surface area (TPSA) is 41.3 Å². The Labute approximate surface area is 139 Å². The SMILES string of the molecule is Fc1ccc(N2CCC(NCc3cc(C4CC4)on3)CC2)cc1F. The van der Waals surface area contributed by atoms with Gasteiger partial charge in [0.05, 0.1) is 5.69 Å². The lowest BCUT2D eigenvalue weighted by atomic mass is 10.0. The van der Waals surface area contributed by atoms with Gasteiger partial charge in [-0.3, -0.25) is 0 Å². The quantitative estimate of drug-likeness (QED) is 0.908. The zero-order chi connectivity index (χ0) is 16.5. The number of nitrogens with one attached hydrogen (secondary N) is 1. The van der Waals surface area contributed by atoms with Crippen molar-refractivity contribution in [3.8, 4) is 0 Å². The van der Waals surface area contributed by atoms with Crippen LogP contribution in [0.3, 0.4) is 0 Å². The number of anilines is 1. The van der Waals surface area contributed by atoms with Crippen molar-refractivity contribution in [3.63, 3.8) is 0 Å². The Kier molecular flexibility index (Phi) is 4.22. The van der Waals surface area contributed by atoms with Crippen molar-refractivity contribution in [2.75, 3.05) is 18.0 Å². The average molecular weight is 333 g/mol. The van der Waals surface area contributed by atoms with Gasteiger partial charge in [0, 0.05) is 49.4 Å². The van der Waals surface area contributed by atoms with Crippen LogP contribution in [-0.2, 0) is 6.54 Å². The van der Waals surface area contributed by atoms with Crippen molar-refractivity contribution in [3.05, 3.63) is 47.4 Å². The van der Waals surface area contributed by atoms with Gasteiger partial charge in [-0.15, -0.1) is 0 Å². The predicted octanol–water partition coefficient (Wildman–Crippen LogP) is 3.59. The molecule has 0 amide bonds. The molecule has 128 valence electrons. The standard InChI is InChI=1S/C18H21F2N3O/c19-16-4-3-15(10-17(16)20)23-7-5-13(6-8-23)21-11-14-9-18(24-22-14)12-1-2-12/h3-4,9-10,12-13,21H,1-2,5-8,11H2. The number of benzene rings is 1. The smallest absolute Gasteiger partial charge is 0.160 e. The third-order valence-corrected chi connectivity index (χ3v) is 4.89. The van der Waals surface area contributed by atoms with Crippen molar-refractivity contribution in [2.45, 2.75) is 44.2 Å². The first kappa shape index (κ1) is 15.6. The normalized spacial score (nSPS) is 19.0. The minimum Gasteiger partial charge on any atom is -0.371 e. The lowest BCUT2D eigenvalue weighted by Crippen LogP contribution is -2.42. The summed E-state index contributed by atoms with van der Waals surface area (Å²) in [6.07, 6.45) is 4.35. The molecule has 2 heterocycles. The highest BCUT2D eigenvalue weighted by Gasteiger charge is 2.28. The van der Waals surface area contributed by atoms with E-state index >= 15 is 0 Å². The molecule has 1 aliphatic heterocycles. The van der Waals surface area contributed by atoms with Crippen LogP contribution in [0.2, 0.25) is 0 Å². The van der Waals surface area contributed by atoms with E-state index in [0.717, 1.165) is 43.1 Å². The fraction of sp³-hybridized carbons (Fsp3) is 0.500. The fourth-order valence-electron chi connectivity index (χ4n) is 3.24. The summed E-state index contributed by atoms with van der Waals surface area (Å²) in [6, 6.07) is 6.57. The van der Waals surface area contributed by atoms with Crippen LogP contribution in [0.5, 0.6) is 0 Å². The van der Waals surface area contributed by atoms with E-state index in [1.807, 2.05) is 0 Å². The summed E-state index contributed by atoms with van der Waals surface area (Å²) in [4.78, 5) is 2.10. The van der Waals surface area contributed by atoms with E-state index in [4.69, 9.17) is 4.52 Å². The Morgan fingerprint density at radius 3 is 2.58 bits per heavy atom. The predicted molar refractivity (Wildman–Crippen MR) is 86.9 cm³/mol. The van der Waals surface area contributed by atoms with Crippen LogP contribution in [0.4, 0.5) is 14.5 Å². The maximum absolute atomic E-state index is 13.4. The molecule has 0 atom stereocenters. The van der Waals surface area contributed by atoms with E-state index in [9.17, 15) is 8.78 Å². The van der Waals surface area contributed by atoms with Gasteiger partial charge in [0.1, 0.15) is 5.76 Å². The monoisotopic (exact) mass is 333 g/mol. The van der Waals surface area contributed by atoms with Crippen molar-refractivity contribution in [2.24, 2.45) is 0 Å². The molecule has 1 saturated heterocycles. The summed E-state index contributed by atoms with van der Waals surface area (Å²) in [5.74, 6) is 0.0179. The first-order valence-corrected chi connectivity index (χ1v) is 8.58. The maximum Gasteiger partial charge on any atom is 0.160 e. The van der Waals surface area contributed by atoms with Crippen LogP contribution in [0, 0.1) is 11.6 Å². The van der Waals surface area contributed by atoms with Gasteiger partial charge in [-0.05, 0) is 37.8 Å². The summed E-state index contributed by atoms with van der Waals surface area (Å²) >= 11 is 0. The van der Waals surface area contributed by atoms with Gasteiger partial charge >= 0.3 is 0 Å². The van der Waals surface area contributed by atoms with Crippen molar-refractivity contribution >= 4 is 5.69 Å². The second-order valence-electron chi connectivity index (χ2n) is 6.74. The van der Waals surface area contributed by atoms with Gasteiger partial charge in [-0.25, -0.2) is 8.78 Å². The molecule has 2 aromatic rings. The zero-order valence-corrected chi connectivity index (χ0v) is 13.5. The fourth-order valence-corrected chi connectivity index (χ4v) is 3.24. The highest BCUT2D eigenvalue weighted by Crippen LogP contribution is 2.40. The Morgan fingerprint density at radius 1 is 1.08 bits per heavy atom. The minimum atomic E-state index is -0.798. The number of rotatable bonds is 5. The summed E-state index contributed by atoms with van der Waals surface area (Å²) in [6.45, 7) is 2.37. The van der Waals surface area contributed by atoms with E-state index < -0.39 is 11.6 Å². The van der Waals surface area contributed by atoms with Gasteiger partial charge in [0.25, 0.3) is 0 Å². The van der Waals surface area contributed by atoms with Gasteiger partial charge < -0.3 is 14.7 Å². The van der Waals surface area contributed by atoms with Crippen LogP contribution in [0.25, 0.3) is 0 Å². The molecule has 1 aliphatic carbocycles. The highest BCUT2D eigenvalue weighted by molar-refractivity contribution is 5.47. The van der Waals surface area contributed by atoms with Crippen molar-refractivity contribution in [1.82, 2.24) is 10.5 Å². The molecule has 0 unspecified atom stereocenters. The van der Waals surface area contributed by atoms with Gasteiger partial charge in [0.2, 0.25) is 0 Å². The molecule has 1 saturated carbocycles. The second kappa shape index (κ2) is 6.51. The largest absolute Gasteiger partial charge is 0.371 e. The molecule has 0 spiro atoms.